The molecule has 0 amide bonds. The van der Waals surface area contributed by atoms with E-state index in [0.29, 0.717) is 6.04 Å². The fraction of sp³-hybridized carbons (Fsp3) is 0.400. The minimum Gasteiger partial charge on any atom is -0.309 e. The fourth-order valence-corrected chi connectivity index (χ4v) is 3.79. The summed E-state index contributed by atoms with van der Waals surface area (Å²) in [5.74, 6) is 0.953. The molecule has 1 N–H and O–H groups in total. The summed E-state index contributed by atoms with van der Waals surface area (Å²) in [4.78, 5) is 6.05. The third-order valence-corrected chi connectivity index (χ3v) is 5.20. The first-order valence-corrected chi connectivity index (χ1v) is 8.43. The average molecular weight is 292 g/mol. The molecular weight excluding hydrogens is 272 g/mol. The minimum atomic E-state index is 0.346. The summed E-state index contributed by atoms with van der Waals surface area (Å²) < 4.78 is 0. The van der Waals surface area contributed by atoms with E-state index in [1.54, 1.807) is 11.3 Å². The van der Waals surface area contributed by atoms with Crippen molar-refractivity contribution >= 4 is 23.1 Å². The number of nitrogens with zero attached hydrogens (tertiary/aromatic N) is 1. The number of hydrogen-bond acceptors (Lipinski definition) is 4. The van der Waals surface area contributed by atoms with Crippen molar-refractivity contribution < 1.29 is 0 Å². The Hall–Kier alpha value is -0.840. The number of benzene rings is 1. The van der Waals surface area contributed by atoms with Crippen molar-refractivity contribution in [1.82, 2.24) is 10.3 Å². The molecule has 1 unspecified atom stereocenters. The van der Waals surface area contributed by atoms with Crippen LogP contribution in [0.4, 0.5) is 0 Å². The molecule has 0 aliphatic carbocycles. The molecule has 1 aromatic carbocycles. The molecular formula is C15H20N2S2. The van der Waals surface area contributed by atoms with Gasteiger partial charge in [-0.25, -0.2) is 4.98 Å². The lowest BCUT2D eigenvalue weighted by Gasteiger charge is -2.08. The molecule has 102 valence electrons. The molecule has 0 aliphatic heterocycles. The second-order valence-electron chi connectivity index (χ2n) is 4.50. The Bertz CT molecular complexity index is 522. The van der Waals surface area contributed by atoms with Crippen LogP contribution in [0.1, 0.15) is 36.2 Å². The minimum absolute atomic E-state index is 0.346. The molecule has 19 heavy (non-hydrogen) atoms. The van der Waals surface area contributed by atoms with Crippen LogP contribution in [0.15, 0.2) is 34.5 Å². The summed E-state index contributed by atoms with van der Waals surface area (Å²) >= 11 is 3.62. The van der Waals surface area contributed by atoms with Gasteiger partial charge in [0.05, 0.1) is 11.4 Å². The van der Waals surface area contributed by atoms with Gasteiger partial charge in [0.2, 0.25) is 0 Å². The quantitative estimate of drug-likeness (QED) is 0.798. The smallest absolute Gasteiger partial charge is 0.103 e. The number of aryl methyl sites for hydroxylation is 1. The summed E-state index contributed by atoms with van der Waals surface area (Å²) in [6, 6.07) is 8.85. The summed E-state index contributed by atoms with van der Waals surface area (Å²) in [7, 11) is 0. The lowest BCUT2D eigenvalue weighted by molar-refractivity contribution is 0.585. The van der Waals surface area contributed by atoms with Gasteiger partial charge in [-0.05, 0) is 32.0 Å². The average Bonchev–Trinajstić information content (AvgIpc) is 2.87. The third-order valence-electron chi connectivity index (χ3n) is 2.97. The van der Waals surface area contributed by atoms with Gasteiger partial charge in [-0.3, -0.25) is 0 Å². The van der Waals surface area contributed by atoms with E-state index in [2.05, 4.69) is 55.7 Å². The van der Waals surface area contributed by atoms with Gasteiger partial charge in [-0.2, -0.15) is 0 Å². The third kappa shape index (κ3) is 4.06. The SMILES string of the molecule is CCNC(C)c1csc(CSc2ccccc2C)n1. The normalized spacial score (nSPS) is 12.6. The van der Waals surface area contributed by atoms with Crippen molar-refractivity contribution in [3.8, 4) is 0 Å². The maximum absolute atomic E-state index is 4.71. The van der Waals surface area contributed by atoms with Crippen LogP contribution in [0.2, 0.25) is 0 Å². The molecule has 0 saturated carbocycles. The number of hydrogen-bond donors (Lipinski definition) is 1. The second-order valence-corrected chi connectivity index (χ2v) is 6.46. The van der Waals surface area contributed by atoms with E-state index in [4.69, 9.17) is 4.98 Å². The molecule has 1 atom stereocenters. The molecule has 0 fully saturated rings. The van der Waals surface area contributed by atoms with Crippen molar-refractivity contribution in [3.63, 3.8) is 0 Å². The summed E-state index contributed by atoms with van der Waals surface area (Å²) in [5, 5.41) is 6.76. The predicted molar refractivity (Wildman–Crippen MR) is 84.9 cm³/mol. The van der Waals surface area contributed by atoms with E-state index in [-0.39, 0.29) is 0 Å². The summed E-state index contributed by atoms with van der Waals surface area (Å²) in [6.45, 7) is 7.42. The molecule has 1 aromatic heterocycles. The van der Waals surface area contributed by atoms with Crippen LogP contribution in [0, 0.1) is 6.92 Å². The van der Waals surface area contributed by atoms with Gasteiger partial charge in [-0.1, -0.05) is 25.1 Å². The van der Waals surface area contributed by atoms with Crippen LogP contribution in [-0.2, 0) is 5.75 Å². The van der Waals surface area contributed by atoms with E-state index in [1.807, 2.05) is 11.8 Å². The van der Waals surface area contributed by atoms with Crippen LogP contribution >= 0.6 is 23.1 Å². The molecule has 1 heterocycles. The van der Waals surface area contributed by atoms with E-state index in [1.165, 1.54) is 15.5 Å². The molecule has 0 radical (unpaired) electrons. The van der Waals surface area contributed by atoms with Gasteiger partial charge >= 0.3 is 0 Å². The first-order valence-electron chi connectivity index (χ1n) is 6.56. The second kappa shape index (κ2) is 7.08. The molecule has 0 aliphatic rings. The monoisotopic (exact) mass is 292 g/mol. The molecule has 0 spiro atoms. The number of aromatic nitrogens is 1. The van der Waals surface area contributed by atoms with E-state index in [9.17, 15) is 0 Å². The van der Waals surface area contributed by atoms with Gasteiger partial charge in [0.1, 0.15) is 5.01 Å². The fourth-order valence-electron chi connectivity index (χ4n) is 1.86. The Morgan fingerprint density at radius 3 is 2.89 bits per heavy atom. The number of thiazole rings is 1. The highest BCUT2D eigenvalue weighted by Crippen LogP contribution is 2.27. The molecule has 0 bridgehead atoms. The summed E-state index contributed by atoms with van der Waals surface area (Å²) in [5.41, 5.74) is 2.50. The van der Waals surface area contributed by atoms with Crippen molar-refractivity contribution in [2.45, 2.75) is 37.5 Å². The van der Waals surface area contributed by atoms with E-state index >= 15 is 0 Å². The topological polar surface area (TPSA) is 24.9 Å². The van der Waals surface area contributed by atoms with Crippen LogP contribution in [0.25, 0.3) is 0 Å². The van der Waals surface area contributed by atoms with Crippen LogP contribution in [-0.4, -0.2) is 11.5 Å². The van der Waals surface area contributed by atoms with Crippen molar-refractivity contribution in [2.75, 3.05) is 6.54 Å². The van der Waals surface area contributed by atoms with Gasteiger partial charge < -0.3 is 5.32 Å². The molecule has 2 nitrogen and oxygen atoms in total. The number of rotatable bonds is 6. The standard InChI is InChI=1S/C15H20N2S2/c1-4-16-12(3)13-9-19-15(17-13)10-18-14-8-6-5-7-11(14)2/h5-9,12,16H,4,10H2,1-3H3. The number of nitrogens with one attached hydrogen (secondary N) is 1. The van der Waals surface area contributed by atoms with Gasteiger partial charge in [0.25, 0.3) is 0 Å². The Morgan fingerprint density at radius 2 is 2.16 bits per heavy atom. The molecule has 2 aromatic rings. The van der Waals surface area contributed by atoms with Gasteiger partial charge in [0, 0.05) is 16.3 Å². The predicted octanol–water partition coefficient (Wildman–Crippen LogP) is 4.41. The lowest BCUT2D eigenvalue weighted by atomic mass is 10.2. The lowest BCUT2D eigenvalue weighted by Crippen LogP contribution is -2.17. The highest BCUT2D eigenvalue weighted by molar-refractivity contribution is 7.98. The maximum Gasteiger partial charge on any atom is 0.103 e. The highest BCUT2D eigenvalue weighted by atomic mass is 32.2. The Labute approximate surface area is 123 Å². The molecule has 2 rings (SSSR count). The molecule has 0 saturated heterocycles. The Balaban J connectivity index is 1.95. The Morgan fingerprint density at radius 1 is 1.37 bits per heavy atom. The van der Waals surface area contributed by atoms with Crippen LogP contribution in [0.3, 0.4) is 0 Å². The van der Waals surface area contributed by atoms with Crippen molar-refractivity contribution in [1.29, 1.82) is 0 Å². The summed E-state index contributed by atoms with van der Waals surface area (Å²) in [6.07, 6.45) is 0. The van der Waals surface area contributed by atoms with Crippen LogP contribution in [0.5, 0.6) is 0 Å². The maximum atomic E-state index is 4.71. The first kappa shape index (κ1) is 14.6. The van der Waals surface area contributed by atoms with Crippen molar-refractivity contribution in [2.24, 2.45) is 0 Å². The zero-order valence-electron chi connectivity index (χ0n) is 11.6. The van der Waals surface area contributed by atoms with Crippen molar-refractivity contribution in [3.05, 3.63) is 45.9 Å². The zero-order valence-corrected chi connectivity index (χ0v) is 13.3. The first-order chi connectivity index (χ1) is 9.20. The zero-order chi connectivity index (χ0) is 13.7. The largest absolute Gasteiger partial charge is 0.309 e. The van der Waals surface area contributed by atoms with Gasteiger partial charge in [-0.15, -0.1) is 23.1 Å². The molecule has 4 heteroatoms. The van der Waals surface area contributed by atoms with Gasteiger partial charge in [0.15, 0.2) is 0 Å². The van der Waals surface area contributed by atoms with E-state index < -0.39 is 0 Å². The van der Waals surface area contributed by atoms with Crippen LogP contribution < -0.4 is 5.32 Å². The Kier molecular flexibility index (Phi) is 5.43. The van der Waals surface area contributed by atoms with E-state index in [0.717, 1.165) is 18.0 Å². The number of thioether (sulfide) groups is 1. The highest BCUT2D eigenvalue weighted by Gasteiger charge is 2.09.